The van der Waals surface area contributed by atoms with Crippen LogP contribution in [0.5, 0.6) is 0 Å². The van der Waals surface area contributed by atoms with E-state index in [4.69, 9.17) is 9.72 Å². The number of carbonyl (C=O) groups excluding carboxylic acids is 1. The third-order valence-electron chi connectivity index (χ3n) is 4.16. The zero-order valence-corrected chi connectivity index (χ0v) is 17.2. The van der Waals surface area contributed by atoms with Crippen LogP contribution >= 0.6 is 23.1 Å². The van der Waals surface area contributed by atoms with Gasteiger partial charge >= 0.3 is 5.97 Å². The van der Waals surface area contributed by atoms with E-state index < -0.39 is 0 Å². The van der Waals surface area contributed by atoms with E-state index in [-0.39, 0.29) is 5.97 Å². The third kappa shape index (κ3) is 4.56. The van der Waals surface area contributed by atoms with E-state index in [1.54, 1.807) is 0 Å². The second-order valence-electron chi connectivity index (χ2n) is 6.01. The molecule has 2 aromatic heterocycles. The number of pyridine rings is 1. The number of anilines is 1. The maximum atomic E-state index is 12.4. The molecule has 27 heavy (non-hydrogen) atoms. The number of benzene rings is 1. The van der Waals surface area contributed by atoms with E-state index in [1.165, 1.54) is 30.2 Å². The van der Waals surface area contributed by atoms with Crippen LogP contribution in [-0.2, 0) is 10.5 Å². The molecule has 0 unspecified atom stereocenters. The van der Waals surface area contributed by atoms with Crippen LogP contribution in [0.2, 0.25) is 0 Å². The number of methoxy groups -OCH3 is 1. The van der Waals surface area contributed by atoms with Crippen molar-refractivity contribution in [3.8, 4) is 0 Å². The number of hydrogen-bond donors (Lipinski definition) is 1. The summed E-state index contributed by atoms with van der Waals surface area (Å²) in [6.45, 7) is 4.99. The Labute approximate surface area is 166 Å². The van der Waals surface area contributed by atoms with E-state index in [9.17, 15) is 4.79 Å². The van der Waals surface area contributed by atoms with Crippen molar-refractivity contribution in [3.63, 3.8) is 0 Å². The van der Waals surface area contributed by atoms with Crippen molar-refractivity contribution < 1.29 is 9.53 Å². The molecule has 0 aliphatic heterocycles. The summed E-state index contributed by atoms with van der Waals surface area (Å²) in [5.41, 5.74) is 3.01. The summed E-state index contributed by atoms with van der Waals surface area (Å²) in [6.07, 6.45) is 2.24. The molecule has 0 spiro atoms. The van der Waals surface area contributed by atoms with Crippen molar-refractivity contribution in [1.29, 1.82) is 0 Å². The summed E-state index contributed by atoms with van der Waals surface area (Å²) in [7, 11) is 1.40. The summed E-state index contributed by atoms with van der Waals surface area (Å²) in [5, 5.41) is 13.4. The molecule has 0 saturated heterocycles. The average Bonchev–Trinajstić information content (AvgIpc) is 3.14. The smallest absolute Gasteiger partial charge is 0.340 e. The van der Waals surface area contributed by atoms with Gasteiger partial charge in [-0.15, -0.1) is 10.2 Å². The molecular weight excluding hydrogens is 380 g/mol. The molecule has 1 aromatic carbocycles. The minimum absolute atomic E-state index is 0.361. The predicted molar refractivity (Wildman–Crippen MR) is 111 cm³/mol. The Morgan fingerprint density at radius 2 is 2.11 bits per heavy atom. The Morgan fingerprint density at radius 1 is 1.30 bits per heavy atom. The van der Waals surface area contributed by atoms with Crippen LogP contribution in [0, 0.1) is 6.92 Å². The fourth-order valence-electron chi connectivity index (χ4n) is 2.76. The summed E-state index contributed by atoms with van der Waals surface area (Å²) in [5.74, 6) is 0.167. The average molecular weight is 403 g/mol. The first-order valence-electron chi connectivity index (χ1n) is 8.80. The lowest BCUT2D eigenvalue weighted by Crippen LogP contribution is -2.10. The zero-order chi connectivity index (χ0) is 19.2. The number of ether oxygens (including phenoxy) is 1. The summed E-state index contributed by atoms with van der Waals surface area (Å²) >= 11 is 3.04. The number of aryl methyl sites for hydroxylation is 1. The minimum atomic E-state index is -0.361. The van der Waals surface area contributed by atoms with E-state index in [0.29, 0.717) is 17.0 Å². The Balaban J connectivity index is 1.82. The normalized spacial score (nSPS) is 10.9. The molecule has 8 heteroatoms. The highest BCUT2D eigenvalue weighted by Crippen LogP contribution is 2.31. The molecule has 3 aromatic rings. The highest BCUT2D eigenvalue weighted by atomic mass is 32.2. The van der Waals surface area contributed by atoms with Gasteiger partial charge in [0.15, 0.2) is 4.34 Å². The summed E-state index contributed by atoms with van der Waals surface area (Å²) in [6, 6.07) is 7.82. The molecule has 142 valence electrons. The van der Waals surface area contributed by atoms with Crippen molar-refractivity contribution in [2.45, 2.75) is 36.8 Å². The number of nitrogens with zero attached hydrogens (tertiary/aromatic N) is 3. The van der Waals surface area contributed by atoms with Crippen molar-refractivity contribution in [2.75, 3.05) is 19.0 Å². The molecular formula is C19H22N4O2S2. The number of para-hydroxylation sites is 1. The van der Waals surface area contributed by atoms with Gasteiger partial charge < -0.3 is 10.1 Å². The van der Waals surface area contributed by atoms with Gasteiger partial charge in [0.25, 0.3) is 0 Å². The van der Waals surface area contributed by atoms with Crippen molar-refractivity contribution in [3.05, 3.63) is 41.1 Å². The van der Waals surface area contributed by atoms with Gasteiger partial charge in [0.2, 0.25) is 5.13 Å². The largest absolute Gasteiger partial charge is 0.465 e. The van der Waals surface area contributed by atoms with Gasteiger partial charge in [-0.05, 0) is 25.0 Å². The van der Waals surface area contributed by atoms with Gasteiger partial charge in [0.1, 0.15) is 0 Å². The van der Waals surface area contributed by atoms with Crippen molar-refractivity contribution in [2.24, 2.45) is 0 Å². The van der Waals surface area contributed by atoms with Crippen LogP contribution in [0.4, 0.5) is 5.13 Å². The number of hydrogen-bond acceptors (Lipinski definition) is 8. The Hall–Kier alpha value is -2.19. The maximum Gasteiger partial charge on any atom is 0.340 e. The molecule has 0 amide bonds. The summed E-state index contributed by atoms with van der Waals surface area (Å²) < 4.78 is 5.84. The first kappa shape index (κ1) is 19.6. The number of fused-ring (bicyclic) bond motifs is 1. The number of nitrogens with one attached hydrogen (secondary N) is 1. The molecule has 3 rings (SSSR count). The van der Waals surface area contributed by atoms with Crippen LogP contribution in [0.15, 0.2) is 28.6 Å². The Kier molecular flexibility index (Phi) is 6.63. The number of unbranched alkanes of at least 4 members (excludes halogenated alkanes) is 1. The number of aromatic nitrogens is 3. The fraction of sp³-hybridized carbons (Fsp3) is 0.368. The monoisotopic (exact) mass is 402 g/mol. The lowest BCUT2D eigenvalue weighted by atomic mass is 10.0. The molecule has 0 bridgehead atoms. The SMILES string of the molecule is CCCCNc1nnc(SCc2nc3ccccc3c(C)c2C(=O)OC)s1. The molecule has 1 N–H and O–H groups in total. The standard InChI is InChI=1S/C19H22N4O2S2/c1-4-5-10-20-18-22-23-19(27-18)26-11-15-16(17(24)25-3)12(2)13-8-6-7-9-14(13)21-15/h6-9H,4-5,10-11H2,1-3H3,(H,20,22). The van der Waals surface area contributed by atoms with Crippen LogP contribution in [0.1, 0.15) is 41.4 Å². The van der Waals surface area contributed by atoms with Crippen LogP contribution < -0.4 is 5.32 Å². The Morgan fingerprint density at radius 3 is 2.89 bits per heavy atom. The topological polar surface area (TPSA) is 77.0 Å². The van der Waals surface area contributed by atoms with Crippen LogP contribution in [0.3, 0.4) is 0 Å². The van der Waals surface area contributed by atoms with Gasteiger partial charge in [-0.1, -0.05) is 54.6 Å². The number of thioether (sulfide) groups is 1. The fourth-order valence-corrected chi connectivity index (χ4v) is 4.48. The van der Waals surface area contributed by atoms with Crippen LogP contribution in [0.25, 0.3) is 10.9 Å². The van der Waals surface area contributed by atoms with Gasteiger partial charge in [-0.3, -0.25) is 4.98 Å². The minimum Gasteiger partial charge on any atom is -0.465 e. The second kappa shape index (κ2) is 9.14. The number of carbonyl (C=O) groups is 1. The van der Waals surface area contributed by atoms with Gasteiger partial charge in [-0.2, -0.15) is 0 Å². The number of esters is 1. The Bertz CT molecular complexity index is 943. The predicted octanol–water partition coefficient (Wildman–Crippen LogP) is 4.69. The van der Waals surface area contributed by atoms with E-state index in [0.717, 1.165) is 45.3 Å². The molecule has 0 atom stereocenters. The number of rotatable bonds is 8. The second-order valence-corrected chi connectivity index (χ2v) is 8.21. The molecule has 0 aliphatic rings. The zero-order valence-electron chi connectivity index (χ0n) is 15.6. The highest BCUT2D eigenvalue weighted by Gasteiger charge is 2.20. The summed E-state index contributed by atoms with van der Waals surface area (Å²) in [4.78, 5) is 17.1. The van der Waals surface area contributed by atoms with E-state index >= 15 is 0 Å². The lowest BCUT2D eigenvalue weighted by molar-refractivity contribution is 0.0598. The van der Waals surface area contributed by atoms with Crippen LogP contribution in [-0.4, -0.2) is 34.8 Å². The molecule has 0 aliphatic carbocycles. The molecule has 2 heterocycles. The van der Waals surface area contributed by atoms with Gasteiger partial charge in [0.05, 0.1) is 23.9 Å². The molecule has 6 nitrogen and oxygen atoms in total. The van der Waals surface area contributed by atoms with Gasteiger partial charge in [0, 0.05) is 17.7 Å². The molecule has 0 fully saturated rings. The maximum absolute atomic E-state index is 12.4. The van der Waals surface area contributed by atoms with Crippen molar-refractivity contribution >= 4 is 45.1 Å². The third-order valence-corrected chi connectivity index (χ3v) is 6.19. The quantitative estimate of drug-likeness (QED) is 0.333. The van der Waals surface area contributed by atoms with E-state index in [1.807, 2.05) is 31.2 Å². The van der Waals surface area contributed by atoms with Crippen molar-refractivity contribution in [1.82, 2.24) is 15.2 Å². The first-order chi connectivity index (χ1) is 13.1. The molecule has 0 radical (unpaired) electrons. The first-order valence-corrected chi connectivity index (χ1v) is 10.6. The molecule has 0 saturated carbocycles. The lowest BCUT2D eigenvalue weighted by Gasteiger charge is -2.12. The van der Waals surface area contributed by atoms with E-state index in [2.05, 4.69) is 22.4 Å². The van der Waals surface area contributed by atoms with Gasteiger partial charge in [-0.25, -0.2) is 4.79 Å². The highest BCUT2D eigenvalue weighted by molar-refractivity contribution is 8.00.